The number of rotatable bonds is 2. The Hall–Kier alpha value is -1.82. The van der Waals surface area contributed by atoms with Gasteiger partial charge in [0.05, 0.1) is 5.56 Å². The van der Waals surface area contributed by atoms with Crippen LogP contribution in [0.5, 0.6) is 0 Å². The zero-order chi connectivity index (χ0) is 13.2. The summed E-state index contributed by atoms with van der Waals surface area (Å²) in [5.74, 6) is 1.13. The van der Waals surface area contributed by atoms with Crippen molar-refractivity contribution in [3.8, 4) is 22.5 Å². The lowest BCUT2D eigenvalue weighted by molar-refractivity contribution is 0.436. The molecular weight excluding hydrogens is 351 g/mol. The van der Waals surface area contributed by atoms with Crippen LogP contribution < -0.4 is 5.73 Å². The van der Waals surface area contributed by atoms with E-state index < -0.39 is 0 Å². The first-order chi connectivity index (χ1) is 9.25. The number of hydrogen-bond acceptors (Lipinski definition) is 3. The normalized spacial score (nSPS) is 10.6. The summed E-state index contributed by atoms with van der Waals surface area (Å²) < 4.78 is 6.56. The Labute approximate surface area is 124 Å². The van der Waals surface area contributed by atoms with Crippen LogP contribution in [-0.4, -0.2) is 5.16 Å². The van der Waals surface area contributed by atoms with Crippen LogP contribution in [0.3, 0.4) is 0 Å². The number of nitrogens with zero attached hydrogens (tertiary/aromatic N) is 1. The van der Waals surface area contributed by atoms with E-state index in [1.54, 1.807) is 0 Å². The number of nitrogens with two attached hydrogens (primary N) is 1. The molecule has 0 radical (unpaired) electrons. The van der Waals surface area contributed by atoms with Gasteiger partial charge >= 0.3 is 0 Å². The predicted molar refractivity (Wildman–Crippen MR) is 84.5 cm³/mol. The first-order valence-electron chi connectivity index (χ1n) is 5.82. The largest absolute Gasteiger partial charge is 0.380 e. The first-order valence-corrected chi connectivity index (χ1v) is 6.90. The summed E-state index contributed by atoms with van der Waals surface area (Å²) in [6.45, 7) is 0. The predicted octanol–water partition coefficient (Wildman–Crippen LogP) is 4.20. The second-order valence-electron chi connectivity index (χ2n) is 4.15. The lowest BCUT2D eigenvalue weighted by Crippen LogP contribution is -1.88. The molecule has 0 atom stereocenters. The smallest absolute Gasteiger partial charge is 0.176 e. The van der Waals surface area contributed by atoms with E-state index in [0.29, 0.717) is 11.6 Å². The summed E-state index contributed by atoms with van der Waals surface area (Å²) in [6, 6.07) is 18.0. The minimum atomic E-state index is 0.417. The number of aromatic nitrogens is 1. The van der Waals surface area contributed by atoms with Gasteiger partial charge in [-0.1, -0.05) is 47.6 Å². The molecule has 2 aromatic carbocycles. The standard InChI is InChI=1S/C15H11IN2O/c16-12-8-4-7-11(9-12)14-13(15(17)18-19-14)10-5-2-1-3-6-10/h1-9H,(H2,17,18). The van der Waals surface area contributed by atoms with Gasteiger partial charge in [-0.05, 0) is 40.3 Å². The molecule has 0 bridgehead atoms. The molecule has 0 saturated heterocycles. The van der Waals surface area contributed by atoms with E-state index in [1.165, 1.54) is 0 Å². The maximum Gasteiger partial charge on any atom is 0.176 e. The molecule has 0 aliphatic heterocycles. The number of anilines is 1. The maximum absolute atomic E-state index is 5.94. The van der Waals surface area contributed by atoms with Crippen LogP contribution in [0, 0.1) is 3.57 Å². The third kappa shape index (κ3) is 2.35. The zero-order valence-corrected chi connectivity index (χ0v) is 12.2. The summed E-state index contributed by atoms with van der Waals surface area (Å²) >= 11 is 2.27. The zero-order valence-electron chi connectivity index (χ0n) is 10.0. The molecule has 1 heterocycles. The molecule has 1 aromatic heterocycles. The molecule has 3 rings (SSSR count). The van der Waals surface area contributed by atoms with Crippen LogP contribution in [0.2, 0.25) is 0 Å². The highest BCUT2D eigenvalue weighted by Gasteiger charge is 2.17. The van der Waals surface area contributed by atoms with E-state index in [1.807, 2.05) is 54.6 Å². The third-order valence-corrected chi connectivity index (χ3v) is 3.54. The SMILES string of the molecule is Nc1noc(-c2cccc(I)c2)c1-c1ccccc1. The highest BCUT2D eigenvalue weighted by Crippen LogP contribution is 2.36. The van der Waals surface area contributed by atoms with Gasteiger partial charge in [-0.15, -0.1) is 0 Å². The molecule has 2 N–H and O–H groups in total. The topological polar surface area (TPSA) is 52.0 Å². The van der Waals surface area contributed by atoms with Crippen molar-refractivity contribution in [2.45, 2.75) is 0 Å². The Balaban J connectivity index is 2.19. The van der Waals surface area contributed by atoms with Crippen molar-refractivity contribution in [1.29, 1.82) is 0 Å². The number of benzene rings is 2. The second kappa shape index (κ2) is 5.05. The average molecular weight is 362 g/mol. The maximum atomic E-state index is 5.94. The highest BCUT2D eigenvalue weighted by molar-refractivity contribution is 14.1. The van der Waals surface area contributed by atoms with Gasteiger partial charge in [0.15, 0.2) is 11.6 Å². The monoisotopic (exact) mass is 362 g/mol. The molecule has 94 valence electrons. The molecule has 0 aliphatic carbocycles. The Kier molecular flexibility index (Phi) is 3.25. The summed E-state index contributed by atoms with van der Waals surface area (Å²) in [5.41, 5.74) is 8.78. The third-order valence-electron chi connectivity index (χ3n) is 2.87. The van der Waals surface area contributed by atoms with E-state index in [0.717, 1.165) is 20.3 Å². The molecule has 0 saturated carbocycles. The van der Waals surface area contributed by atoms with Gasteiger partial charge in [-0.3, -0.25) is 0 Å². The van der Waals surface area contributed by atoms with Crippen molar-refractivity contribution < 1.29 is 4.52 Å². The molecule has 0 amide bonds. The lowest BCUT2D eigenvalue weighted by Gasteiger charge is -2.03. The van der Waals surface area contributed by atoms with Gasteiger partial charge in [0.25, 0.3) is 0 Å². The van der Waals surface area contributed by atoms with Crippen molar-refractivity contribution in [3.05, 3.63) is 58.2 Å². The Morgan fingerprint density at radius 3 is 2.42 bits per heavy atom. The van der Waals surface area contributed by atoms with Crippen molar-refractivity contribution in [1.82, 2.24) is 5.16 Å². The first kappa shape index (κ1) is 12.2. The van der Waals surface area contributed by atoms with Gasteiger partial charge in [-0.2, -0.15) is 0 Å². The van der Waals surface area contributed by atoms with E-state index in [2.05, 4.69) is 27.7 Å². The minimum Gasteiger partial charge on any atom is -0.380 e. The fourth-order valence-corrected chi connectivity index (χ4v) is 2.56. The average Bonchev–Trinajstić information content (AvgIpc) is 2.82. The number of halogens is 1. The quantitative estimate of drug-likeness (QED) is 0.696. The van der Waals surface area contributed by atoms with Crippen molar-refractivity contribution in [2.24, 2.45) is 0 Å². The summed E-state index contributed by atoms with van der Waals surface area (Å²) in [7, 11) is 0. The van der Waals surface area contributed by atoms with Crippen LogP contribution in [0.25, 0.3) is 22.5 Å². The van der Waals surface area contributed by atoms with E-state index in [-0.39, 0.29) is 0 Å². The molecular formula is C15H11IN2O. The molecule has 19 heavy (non-hydrogen) atoms. The van der Waals surface area contributed by atoms with Crippen molar-refractivity contribution in [2.75, 3.05) is 5.73 Å². The fourth-order valence-electron chi connectivity index (χ4n) is 2.01. The van der Waals surface area contributed by atoms with Crippen LogP contribution >= 0.6 is 22.6 Å². The molecule has 3 aromatic rings. The lowest BCUT2D eigenvalue weighted by atomic mass is 10.0. The van der Waals surface area contributed by atoms with Gasteiger partial charge < -0.3 is 10.3 Å². The van der Waals surface area contributed by atoms with E-state index >= 15 is 0 Å². The van der Waals surface area contributed by atoms with Gasteiger partial charge in [0, 0.05) is 9.13 Å². The van der Waals surface area contributed by atoms with Gasteiger partial charge in [0.1, 0.15) is 0 Å². The highest BCUT2D eigenvalue weighted by atomic mass is 127. The Bertz CT molecular complexity index is 707. The van der Waals surface area contributed by atoms with Crippen LogP contribution in [-0.2, 0) is 0 Å². The van der Waals surface area contributed by atoms with Crippen molar-refractivity contribution in [3.63, 3.8) is 0 Å². The van der Waals surface area contributed by atoms with Crippen LogP contribution in [0.1, 0.15) is 0 Å². The molecule has 0 unspecified atom stereocenters. The van der Waals surface area contributed by atoms with Crippen LogP contribution in [0.15, 0.2) is 59.1 Å². The molecule has 0 spiro atoms. The molecule has 0 aliphatic rings. The number of hydrogen-bond donors (Lipinski definition) is 1. The minimum absolute atomic E-state index is 0.417. The van der Waals surface area contributed by atoms with Crippen molar-refractivity contribution >= 4 is 28.4 Å². The second-order valence-corrected chi connectivity index (χ2v) is 5.39. The molecule has 0 fully saturated rings. The van der Waals surface area contributed by atoms with Gasteiger partial charge in [-0.25, -0.2) is 0 Å². The Morgan fingerprint density at radius 1 is 0.947 bits per heavy atom. The van der Waals surface area contributed by atoms with Crippen LogP contribution in [0.4, 0.5) is 5.82 Å². The molecule has 4 heteroatoms. The number of nitrogen functional groups attached to an aromatic ring is 1. The summed E-state index contributed by atoms with van der Waals surface area (Å²) in [5, 5.41) is 3.90. The van der Waals surface area contributed by atoms with Gasteiger partial charge in [0.2, 0.25) is 0 Å². The molecule has 3 nitrogen and oxygen atoms in total. The summed E-state index contributed by atoms with van der Waals surface area (Å²) in [6.07, 6.45) is 0. The Morgan fingerprint density at radius 2 is 1.68 bits per heavy atom. The van der Waals surface area contributed by atoms with E-state index in [4.69, 9.17) is 10.3 Å². The van der Waals surface area contributed by atoms with E-state index in [9.17, 15) is 0 Å². The summed E-state index contributed by atoms with van der Waals surface area (Å²) in [4.78, 5) is 0. The fraction of sp³-hybridized carbons (Fsp3) is 0.